The van der Waals surface area contributed by atoms with E-state index in [-0.39, 0.29) is 0 Å². The van der Waals surface area contributed by atoms with Crippen LogP contribution in [0.25, 0.3) is 0 Å². The molecule has 0 rings (SSSR count). The van der Waals surface area contributed by atoms with Crippen LogP contribution in [-0.4, -0.2) is 17.7 Å². The van der Waals surface area contributed by atoms with E-state index in [1.165, 1.54) is 0 Å². The summed E-state index contributed by atoms with van der Waals surface area (Å²) in [5.74, 6) is -6.90. The third kappa shape index (κ3) is 3.06. The number of carbonyl (C=O) groups excluding carboxylic acids is 2. The van der Waals surface area contributed by atoms with Crippen molar-refractivity contribution in [2.75, 3.05) is 0 Å². The Kier molecular flexibility index (Phi) is 3.10. The van der Waals surface area contributed by atoms with Crippen LogP contribution in [0, 0.1) is 0 Å². The number of aliphatic carboxylic acids is 1. The van der Waals surface area contributed by atoms with Gasteiger partial charge in [-0.15, -0.1) is 0 Å². The van der Waals surface area contributed by atoms with Crippen LogP contribution in [0.2, 0.25) is 0 Å². The molecule has 0 aliphatic carbocycles. The molecule has 0 aromatic carbocycles. The molecule has 0 spiro atoms. The molecule has 0 N–H and O–H groups in total. The predicted molar refractivity (Wildman–Crippen MR) is 29.9 cm³/mol. The Morgan fingerprint density at radius 2 is 1.91 bits per heavy atom. The molecule has 0 fully saturated rings. The van der Waals surface area contributed by atoms with Crippen molar-refractivity contribution in [2.45, 2.75) is 25.7 Å². The summed E-state index contributed by atoms with van der Waals surface area (Å²) in [6, 6.07) is 0. The first-order chi connectivity index (χ1) is 4.90. The number of alkyl halides is 2. The standard InChI is InChI=1S/C6H8F2O3/c1-2-6(7,8)4(9)3-5(10)11/h2-3H2,1H3,(H,10,11)/p-1. The zero-order valence-corrected chi connectivity index (χ0v) is 5.89. The van der Waals surface area contributed by atoms with Gasteiger partial charge in [0.05, 0.1) is 6.42 Å². The van der Waals surface area contributed by atoms with Gasteiger partial charge in [-0.05, 0) is 0 Å². The normalized spacial score (nSPS) is 11.2. The molecular formula is C6H7F2O3-. The lowest BCUT2D eigenvalue weighted by Crippen LogP contribution is -2.34. The van der Waals surface area contributed by atoms with Crippen molar-refractivity contribution in [1.82, 2.24) is 0 Å². The van der Waals surface area contributed by atoms with Crippen LogP contribution >= 0.6 is 0 Å². The van der Waals surface area contributed by atoms with E-state index >= 15 is 0 Å². The number of hydrogen-bond acceptors (Lipinski definition) is 3. The molecule has 0 bridgehead atoms. The molecule has 0 aliphatic rings. The summed E-state index contributed by atoms with van der Waals surface area (Å²) in [6.45, 7) is 1.10. The molecular weight excluding hydrogens is 158 g/mol. The van der Waals surface area contributed by atoms with E-state index in [1.54, 1.807) is 0 Å². The Bertz CT molecular complexity index is 177. The summed E-state index contributed by atoms with van der Waals surface area (Å²) in [5.41, 5.74) is 0. The third-order valence-corrected chi connectivity index (χ3v) is 1.16. The highest BCUT2D eigenvalue weighted by Gasteiger charge is 2.35. The van der Waals surface area contributed by atoms with Crippen molar-refractivity contribution in [3.8, 4) is 0 Å². The van der Waals surface area contributed by atoms with E-state index in [4.69, 9.17) is 0 Å². The number of Topliss-reactive ketones (excluding diaryl/α,β-unsaturated/α-hetero) is 1. The maximum absolute atomic E-state index is 12.3. The molecule has 0 heterocycles. The molecule has 3 nitrogen and oxygen atoms in total. The van der Waals surface area contributed by atoms with Crippen LogP contribution in [0.4, 0.5) is 8.78 Å². The smallest absolute Gasteiger partial charge is 0.305 e. The Hall–Kier alpha value is -1.00. The number of halogens is 2. The predicted octanol–water partition coefficient (Wildman–Crippen LogP) is -0.259. The zero-order chi connectivity index (χ0) is 9.07. The fourth-order valence-electron chi connectivity index (χ4n) is 0.458. The molecule has 0 aromatic heterocycles. The summed E-state index contributed by atoms with van der Waals surface area (Å²) in [5, 5.41) is 9.71. The number of carboxylic acid groups (broad SMARTS) is 1. The first-order valence-electron chi connectivity index (χ1n) is 3.01. The molecule has 5 heteroatoms. The van der Waals surface area contributed by atoms with Gasteiger partial charge in [0.1, 0.15) is 0 Å². The van der Waals surface area contributed by atoms with Gasteiger partial charge in [0.2, 0.25) is 5.78 Å². The average Bonchev–Trinajstić information content (AvgIpc) is 1.86. The number of ketones is 1. The highest BCUT2D eigenvalue weighted by Crippen LogP contribution is 2.19. The van der Waals surface area contributed by atoms with Crippen LogP contribution in [0.3, 0.4) is 0 Å². The van der Waals surface area contributed by atoms with Crippen molar-refractivity contribution in [1.29, 1.82) is 0 Å². The van der Waals surface area contributed by atoms with Crippen molar-refractivity contribution in [3.05, 3.63) is 0 Å². The monoisotopic (exact) mass is 165 g/mol. The average molecular weight is 165 g/mol. The minimum Gasteiger partial charge on any atom is -0.550 e. The fourth-order valence-corrected chi connectivity index (χ4v) is 0.458. The van der Waals surface area contributed by atoms with Crippen molar-refractivity contribution >= 4 is 11.8 Å². The van der Waals surface area contributed by atoms with Gasteiger partial charge in [-0.25, -0.2) is 0 Å². The minimum absolute atomic E-state index is 0.681. The minimum atomic E-state index is -3.53. The van der Waals surface area contributed by atoms with Crippen LogP contribution in [0.5, 0.6) is 0 Å². The summed E-state index contributed by atoms with van der Waals surface area (Å²) in [7, 11) is 0. The Balaban J connectivity index is 4.13. The first-order valence-corrected chi connectivity index (χ1v) is 3.01. The number of hydrogen-bond donors (Lipinski definition) is 0. The van der Waals surface area contributed by atoms with E-state index < -0.39 is 30.5 Å². The van der Waals surface area contributed by atoms with E-state index in [0.717, 1.165) is 6.92 Å². The second kappa shape index (κ2) is 3.41. The number of carboxylic acids is 1. The molecule has 0 atom stereocenters. The van der Waals surface area contributed by atoms with E-state index in [2.05, 4.69) is 0 Å². The molecule has 0 saturated carbocycles. The lowest BCUT2D eigenvalue weighted by atomic mass is 10.1. The summed E-state index contributed by atoms with van der Waals surface area (Å²) < 4.78 is 24.5. The van der Waals surface area contributed by atoms with Gasteiger partial charge >= 0.3 is 5.92 Å². The molecule has 0 aliphatic heterocycles. The Morgan fingerprint density at radius 3 is 2.18 bits per heavy atom. The molecule has 0 aromatic rings. The number of rotatable bonds is 4. The zero-order valence-electron chi connectivity index (χ0n) is 5.89. The van der Waals surface area contributed by atoms with Gasteiger partial charge in [0, 0.05) is 12.4 Å². The largest absolute Gasteiger partial charge is 0.550 e. The van der Waals surface area contributed by atoms with E-state index in [0.29, 0.717) is 0 Å². The Morgan fingerprint density at radius 1 is 1.45 bits per heavy atom. The van der Waals surface area contributed by atoms with Gasteiger partial charge < -0.3 is 9.90 Å². The molecule has 0 saturated heterocycles. The van der Waals surface area contributed by atoms with Crippen molar-refractivity contribution in [2.24, 2.45) is 0 Å². The van der Waals surface area contributed by atoms with Crippen LogP contribution < -0.4 is 5.11 Å². The van der Waals surface area contributed by atoms with Gasteiger partial charge in [0.15, 0.2) is 0 Å². The van der Waals surface area contributed by atoms with Gasteiger partial charge in [-0.1, -0.05) is 6.92 Å². The van der Waals surface area contributed by atoms with Gasteiger partial charge in [-0.2, -0.15) is 8.78 Å². The molecule has 0 radical (unpaired) electrons. The third-order valence-electron chi connectivity index (χ3n) is 1.16. The summed E-state index contributed by atoms with van der Waals surface area (Å²) in [6.07, 6.45) is -1.90. The van der Waals surface area contributed by atoms with Crippen LogP contribution in [0.1, 0.15) is 19.8 Å². The second-order valence-corrected chi connectivity index (χ2v) is 2.03. The van der Waals surface area contributed by atoms with Crippen LogP contribution in [-0.2, 0) is 9.59 Å². The highest BCUT2D eigenvalue weighted by atomic mass is 19.3. The Labute approximate surface area is 62.0 Å². The van der Waals surface area contributed by atoms with Gasteiger partial charge in [-0.3, -0.25) is 4.79 Å². The van der Waals surface area contributed by atoms with Gasteiger partial charge in [0.25, 0.3) is 0 Å². The molecule has 11 heavy (non-hydrogen) atoms. The second-order valence-electron chi connectivity index (χ2n) is 2.03. The number of carbonyl (C=O) groups is 2. The van der Waals surface area contributed by atoms with Crippen molar-refractivity contribution in [3.63, 3.8) is 0 Å². The van der Waals surface area contributed by atoms with E-state index in [9.17, 15) is 23.5 Å². The maximum Gasteiger partial charge on any atom is 0.305 e. The highest BCUT2D eigenvalue weighted by molar-refractivity contribution is 5.97. The maximum atomic E-state index is 12.3. The SMILES string of the molecule is CCC(F)(F)C(=O)CC(=O)[O-]. The lowest BCUT2D eigenvalue weighted by molar-refractivity contribution is -0.305. The first kappa shape index (κ1) is 10.0. The quantitative estimate of drug-likeness (QED) is 0.539. The summed E-state index contributed by atoms with van der Waals surface area (Å²) in [4.78, 5) is 20.0. The molecule has 0 unspecified atom stereocenters. The topological polar surface area (TPSA) is 57.2 Å². The molecule has 64 valence electrons. The summed E-state index contributed by atoms with van der Waals surface area (Å²) >= 11 is 0. The lowest BCUT2D eigenvalue weighted by Gasteiger charge is -2.11. The fraction of sp³-hybridized carbons (Fsp3) is 0.667. The van der Waals surface area contributed by atoms with E-state index in [1.807, 2.05) is 0 Å². The van der Waals surface area contributed by atoms with Crippen LogP contribution in [0.15, 0.2) is 0 Å². The molecule has 0 amide bonds. The van der Waals surface area contributed by atoms with Crippen molar-refractivity contribution < 1.29 is 23.5 Å².